The molecule has 14 rings (SSSR count). The van der Waals surface area contributed by atoms with Gasteiger partial charge in [-0.1, -0.05) is 120 Å². The van der Waals surface area contributed by atoms with E-state index in [4.69, 9.17) is 50.4 Å². The van der Waals surface area contributed by atoms with Gasteiger partial charge in [0, 0.05) is 123 Å². The van der Waals surface area contributed by atoms with Crippen LogP contribution < -0.4 is 0 Å². The summed E-state index contributed by atoms with van der Waals surface area (Å²) in [5, 5.41) is 38.9. The molecule has 25 heteroatoms. The summed E-state index contributed by atoms with van der Waals surface area (Å²) in [7, 11) is 3.36. The predicted molar refractivity (Wildman–Crippen MR) is 403 cm³/mol. The number of fused-ring (bicyclic) bond motifs is 4. The molecule has 4 aromatic carbocycles. The minimum absolute atomic E-state index is 0.0560. The van der Waals surface area contributed by atoms with Crippen LogP contribution in [0.3, 0.4) is 0 Å². The van der Waals surface area contributed by atoms with Crippen LogP contribution >= 0.6 is 15.9 Å². The number of benzene rings is 4. The van der Waals surface area contributed by atoms with Crippen LogP contribution in [0.1, 0.15) is 163 Å². The zero-order valence-electron chi connectivity index (χ0n) is 60.9. The van der Waals surface area contributed by atoms with Crippen molar-refractivity contribution in [3.8, 4) is 11.4 Å². The van der Waals surface area contributed by atoms with Gasteiger partial charge in [-0.15, -0.1) is 10.2 Å². The van der Waals surface area contributed by atoms with Gasteiger partial charge in [0.1, 0.15) is 5.69 Å². The lowest BCUT2D eigenvalue weighted by Crippen LogP contribution is -2.12. The number of rotatable bonds is 21. The van der Waals surface area contributed by atoms with Crippen LogP contribution in [0.25, 0.3) is 44.4 Å². The summed E-state index contributed by atoms with van der Waals surface area (Å²) in [5.41, 5.74) is 38.3. The first-order valence-corrected chi connectivity index (χ1v) is 35.4. The molecule has 0 saturated carbocycles. The lowest BCUT2D eigenvalue weighted by atomic mass is 10.0. The molecule has 10 aromatic heterocycles. The summed E-state index contributed by atoms with van der Waals surface area (Å²) in [6.45, 7) is 25.9. The molecule has 14 aromatic rings. The monoisotopic (exact) mass is 1440 g/mol. The molecule has 0 unspecified atom stereocenters. The van der Waals surface area contributed by atoms with Gasteiger partial charge in [-0.05, 0) is 170 Å². The minimum atomic E-state index is 0.0560. The molecule has 24 nitrogen and oxygen atoms in total. The second-order valence-corrected chi connectivity index (χ2v) is 26.6. The fourth-order valence-corrected chi connectivity index (χ4v) is 13.1. The second kappa shape index (κ2) is 33.2. The van der Waals surface area contributed by atoms with E-state index in [0.717, 1.165) is 175 Å². The second-order valence-electron chi connectivity index (χ2n) is 25.6. The quantitative estimate of drug-likeness (QED) is 0.0280. The molecule has 103 heavy (non-hydrogen) atoms. The molecule has 0 saturated heterocycles. The zero-order chi connectivity index (χ0) is 73.0. The molecular weight excluding hydrogens is 1360 g/mol. The normalized spacial score (nSPS) is 11.3. The standard InChI is InChI=1S/C24H30N6O2.C20H20N6O.C17H18BrN3.C17H18N6/c1-6-22-21(24-25-16(2)11-17(3)30(24)27-22)12-18-7-9-20(10-8-18)29-13-23(26-28-29)19(14-31-4)15-32-5;1-4-19-18(20-21-13(2)9-14(3)26(20)23-19)10-15-5-7-17(8-6-15)25-11-16(12-27)22-24-25;1-4-16-15(10-13-5-7-14(18)8-6-13)17-19-11(2)9-12(3)21(17)20-16;1-4-16-15(10-13-5-7-14(8-6-13)20-22-18)17-19-11(2)9-12(3)23(17)21-16/h7-11,13,19H,6,12,14-15H2,1-5H3;5-9,11-12H,4,10H2,1-3H3;5-9H,4,10H2,1-3H3;5-9H,4,10H2,1-3H3. The number of halogens is 1. The molecule has 0 fully saturated rings. The van der Waals surface area contributed by atoms with Gasteiger partial charge in [-0.3, -0.25) is 4.79 Å². The first-order valence-electron chi connectivity index (χ1n) is 34.6. The van der Waals surface area contributed by atoms with E-state index >= 15 is 0 Å². The van der Waals surface area contributed by atoms with E-state index < -0.39 is 0 Å². The lowest BCUT2D eigenvalue weighted by molar-refractivity contribution is 0.111. The number of aromatic nitrogens is 18. The van der Waals surface area contributed by atoms with Crippen molar-refractivity contribution in [2.24, 2.45) is 5.11 Å². The molecule has 0 N–H and O–H groups in total. The Morgan fingerprint density at radius 3 is 1.10 bits per heavy atom. The molecule has 0 atom stereocenters. The van der Waals surface area contributed by atoms with Gasteiger partial charge >= 0.3 is 0 Å². The van der Waals surface area contributed by atoms with Crippen LogP contribution in [0.5, 0.6) is 0 Å². The number of carbonyl (C=O) groups is 1. The number of methoxy groups -OCH3 is 2. The third-order valence-corrected chi connectivity index (χ3v) is 18.4. The van der Waals surface area contributed by atoms with E-state index in [0.29, 0.717) is 30.9 Å². The maximum Gasteiger partial charge on any atom is 0.171 e. The number of aldehydes is 1. The average Bonchev–Trinajstić information content (AvgIpc) is 1.66. The van der Waals surface area contributed by atoms with Gasteiger partial charge in [-0.25, -0.2) is 47.4 Å². The van der Waals surface area contributed by atoms with Crippen molar-refractivity contribution in [1.29, 1.82) is 0 Å². The van der Waals surface area contributed by atoms with E-state index in [1.807, 2.05) is 107 Å². The Kier molecular flexibility index (Phi) is 23.6. The highest BCUT2D eigenvalue weighted by Crippen LogP contribution is 2.28. The van der Waals surface area contributed by atoms with Crippen LogP contribution in [0.2, 0.25) is 0 Å². The first-order chi connectivity index (χ1) is 49.8. The van der Waals surface area contributed by atoms with Crippen LogP contribution in [0.4, 0.5) is 5.69 Å². The number of aryl methyl sites for hydroxylation is 12. The number of ether oxygens (including phenoxy) is 2. The number of azide groups is 1. The topological polar surface area (TPSA) is 266 Å². The number of hydrogen-bond donors (Lipinski definition) is 0. The average molecular weight is 1450 g/mol. The third-order valence-electron chi connectivity index (χ3n) is 17.9. The highest BCUT2D eigenvalue weighted by molar-refractivity contribution is 9.10. The molecule has 0 amide bonds. The molecule has 0 aliphatic carbocycles. The van der Waals surface area contributed by atoms with Gasteiger partial charge in [0.2, 0.25) is 0 Å². The van der Waals surface area contributed by atoms with Gasteiger partial charge in [-0.2, -0.15) is 20.4 Å². The Labute approximate surface area is 607 Å². The summed E-state index contributed by atoms with van der Waals surface area (Å²) in [6.07, 6.45) is 11.0. The molecular formula is C78H86BrN21O3. The summed E-state index contributed by atoms with van der Waals surface area (Å²) < 4.78 is 22.9. The third kappa shape index (κ3) is 17.0. The highest BCUT2D eigenvalue weighted by Gasteiger charge is 2.21. The van der Waals surface area contributed by atoms with E-state index in [-0.39, 0.29) is 5.92 Å². The summed E-state index contributed by atoms with van der Waals surface area (Å²) in [5.74, 6) is 0.0560. The maximum absolute atomic E-state index is 10.8. The maximum atomic E-state index is 10.8. The van der Waals surface area contributed by atoms with Gasteiger partial charge in [0.25, 0.3) is 0 Å². The SMILES string of the molecule is CCc1nn2c(C)cc(C)nc2c1Cc1ccc(-n2cc(C(COC)COC)nn2)cc1.CCc1nn2c(C)cc(C)nc2c1Cc1ccc(-n2cc(C=O)nn2)cc1.CCc1nn2c(C)cc(C)nc2c1Cc1ccc(Br)cc1.CCc1nn2c(C)cc(C)nc2c1Cc1ccc(N=[N+]=[N-])cc1. The number of carbonyl (C=O) groups excluding carboxylic acids is 1. The van der Waals surface area contributed by atoms with Gasteiger partial charge in [0.05, 0.1) is 71.4 Å². The number of hydrogen-bond acceptors (Lipinski definition) is 16. The smallest absolute Gasteiger partial charge is 0.171 e. The first kappa shape index (κ1) is 73.2. The van der Waals surface area contributed by atoms with Crippen molar-refractivity contribution >= 4 is 50.5 Å². The van der Waals surface area contributed by atoms with Crippen molar-refractivity contribution in [3.05, 3.63) is 273 Å². The Hall–Kier alpha value is -11.0. The molecule has 0 aliphatic rings. The minimum Gasteiger partial charge on any atom is -0.384 e. The Balaban J connectivity index is 0.000000139. The molecule has 0 aliphatic heterocycles. The van der Waals surface area contributed by atoms with Crippen molar-refractivity contribution in [2.75, 3.05) is 27.4 Å². The largest absolute Gasteiger partial charge is 0.384 e. The van der Waals surface area contributed by atoms with E-state index in [2.05, 4.69) is 173 Å². The Bertz CT molecular complexity index is 5320. The molecule has 10 heterocycles. The zero-order valence-corrected chi connectivity index (χ0v) is 62.5. The van der Waals surface area contributed by atoms with E-state index in [1.165, 1.54) is 33.4 Å². The van der Waals surface area contributed by atoms with Crippen LogP contribution in [0.15, 0.2) is 143 Å². The summed E-state index contributed by atoms with van der Waals surface area (Å²) >= 11 is 3.48. The van der Waals surface area contributed by atoms with Gasteiger partial charge < -0.3 is 9.47 Å². The fraction of sp³-hybridized carbons (Fsp3) is 0.321. The van der Waals surface area contributed by atoms with Crippen molar-refractivity contribution in [1.82, 2.24) is 88.4 Å². The van der Waals surface area contributed by atoms with Crippen LogP contribution in [-0.4, -0.2) is 122 Å². The Morgan fingerprint density at radius 1 is 0.466 bits per heavy atom. The summed E-state index contributed by atoms with van der Waals surface area (Å²) in [4.78, 5) is 32.5. The predicted octanol–water partition coefficient (Wildman–Crippen LogP) is 15.1. The molecule has 528 valence electrons. The molecule has 0 radical (unpaired) electrons. The lowest BCUT2D eigenvalue weighted by Gasteiger charge is -2.11. The van der Waals surface area contributed by atoms with Crippen molar-refractivity contribution < 1.29 is 14.3 Å². The number of nitrogens with zero attached hydrogens (tertiary/aromatic N) is 21. The van der Waals surface area contributed by atoms with Crippen molar-refractivity contribution in [3.63, 3.8) is 0 Å². The van der Waals surface area contributed by atoms with Gasteiger partial charge in [0.15, 0.2) is 28.9 Å². The Morgan fingerprint density at radius 2 is 0.786 bits per heavy atom. The fourth-order valence-electron chi connectivity index (χ4n) is 12.8. The van der Waals surface area contributed by atoms with Crippen molar-refractivity contribution in [2.45, 2.75) is 140 Å². The van der Waals surface area contributed by atoms with E-state index in [9.17, 15) is 4.79 Å². The summed E-state index contributed by atoms with van der Waals surface area (Å²) in [6, 6.07) is 40.8. The van der Waals surface area contributed by atoms with Crippen LogP contribution in [0, 0.1) is 55.4 Å². The highest BCUT2D eigenvalue weighted by atomic mass is 79.9. The molecule has 0 spiro atoms. The van der Waals surface area contributed by atoms with Crippen LogP contribution in [-0.2, 0) is 60.8 Å². The molecule has 0 bridgehead atoms. The van der Waals surface area contributed by atoms with E-state index in [1.54, 1.807) is 29.8 Å².